The Morgan fingerprint density at radius 2 is 1.96 bits per heavy atom. The van der Waals surface area contributed by atoms with Gasteiger partial charge in [-0.2, -0.15) is 0 Å². The van der Waals surface area contributed by atoms with Crippen LogP contribution in [0.5, 0.6) is 0 Å². The van der Waals surface area contributed by atoms with Crippen molar-refractivity contribution in [3.8, 4) is 11.1 Å². The number of nitrogens with zero attached hydrogens (tertiary/aromatic N) is 1. The van der Waals surface area contributed by atoms with Gasteiger partial charge >= 0.3 is 0 Å². The standard InChI is InChI=1S/C18H18N2O3/c21-16-9-8-15(17(22)19-16)20-10-4-7-13-14(11-23-18(13)20)12-5-2-1-3-6-12/h1-3,5-6,11,15H,4,7-10H2,(H,19,21,22). The molecular formula is C18H18N2O3. The third kappa shape index (κ3) is 2.42. The fourth-order valence-corrected chi connectivity index (χ4v) is 3.52. The molecule has 118 valence electrons. The van der Waals surface area contributed by atoms with Gasteiger partial charge in [-0.25, -0.2) is 0 Å². The summed E-state index contributed by atoms with van der Waals surface area (Å²) in [7, 11) is 0. The van der Waals surface area contributed by atoms with E-state index in [0.29, 0.717) is 12.8 Å². The van der Waals surface area contributed by atoms with Gasteiger partial charge in [0.05, 0.1) is 0 Å². The zero-order valence-corrected chi connectivity index (χ0v) is 12.7. The van der Waals surface area contributed by atoms with E-state index in [1.807, 2.05) is 23.1 Å². The molecule has 2 aromatic rings. The van der Waals surface area contributed by atoms with E-state index in [1.165, 1.54) is 0 Å². The molecule has 1 aromatic heterocycles. The van der Waals surface area contributed by atoms with E-state index >= 15 is 0 Å². The van der Waals surface area contributed by atoms with Gasteiger partial charge in [0.25, 0.3) is 0 Å². The van der Waals surface area contributed by atoms with Gasteiger partial charge in [-0.15, -0.1) is 0 Å². The maximum atomic E-state index is 12.2. The lowest BCUT2D eigenvalue weighted by atomic mass is 9.96. The van der Waals surface area contributed by atoms with Crippen LogP contribution in [0.25, 0.3) is 11.1 Å². The van der Waals surface area contributed by atoms with Crippen LogP contribution in [0.3, 0.4) is 0 Å². The number of furan rings is 1. The summed E-state index contributed by atoms with van der Waals surface area (Å²) in [5, 5.41) is 2.43. The summed E-state index contributed by atoms with van der Waals surface area (Å²) in [5.74, 6) is 0.379. The van der Waals surface area contributed by atoms with Crippen LogP contribution in [0.1, 0.15) is 24.8 Å². The van der Waals surface area contributed by atoms with Crippen molar-refractivity contribution in [2.45, 2.75) is 31.7 Å². The Hall–Kier alpha value is -2.56. The SMILES string of the molecule is O=C1CCC(N2CCCc3c(-c4ccccc4)coc32)C(=O)N1. The smallest absolute Gasteiger partial charge is 0.249 e. The summed E-state index contributed by atoms with van der Waals surface area (Å²) in [5.41, 5.74) is 3.38. The predicted octanol–water partition coefficient (Wildman–Crippen LogP) is 2.50. The Kier molecular flexibility index (Phi) is 3.41. The molecule has 0 saturated carbocycles. The second kappa shape index (κ2) is 5.57. The number of carbonyl (C=O) groups excluding carboxylic acids is 2. The van der Waals surface area contributed by atoms with Crippen LogP contribution in [-0.4, -0.2) is 24.4 Å². The Labute approximate surface area is 134 Å². The Balaban J connectivity index is 1.69. The number of nitrogens with one attached hydrogen (secondary N) is 1. The molecule has 2 aliphatic rings. The average Bonchev–Trinajstić information content (AvgIpc) is 3.00. The monoisotopic (exact) mass is 310 g/mol. The molecule has 1 fully saturated rings. The molecule has 2 amide bonds. The second-order valence-corrected chi connectivity index (χ2v) is 6.06. The Bertz CT molecular complexity index is 751. The number of imide groups is 1. The van der Waals surface area contributed by atoms with E-state index in [2.05, 4.69) is 17.4 Å². The molecule has 0 aliphatic carbocycles. The number of carbonyl (C=O) groups is 2. The first-order valence-corrected chi connectivity index (χ1v) is 8.00. The third-order valence-electron chi connectivity index (χ3n) is 4.63. The largest absolute Gasteiger partial charge is 0.448 e. The van der Waals surface area contributed by atoms with Crippen molar-refractivity contribution in [3.05, 3.63) is 42.2 Å². The number of hydrogen-bond acceptors (Lipinski definition) is 4. The Morgan fingerprint density at radius 3 is 2.74 bits per heavy atom. The van der Waals surface area contributed by atoms with Gasteiger partial charge in [-0.3, -0.25) is 14.9 Å². The maximum absolute atomic E-state index is 12.2. The molecule has 2 aliphatic heterocycles. The molecule has 1 aromatic carbocycles. The van der Waals surface area contributed by atoms with Crippen molar-refractivity contribution in [2.75, 3.05) is 11.4 Å². The summed E-state index contributed by atoms with van der Waals surface area (Å²) < 4.78 is 5.84. The molecule has 0 radical (unpaired) electrons. The van der Waals surface area contributed by atoms with Crippen LogP contribution >= 0.6 is 0 Å². The van der Waals surface area contributed by atoms with Gasteiger partial charge in [0.2, 0.25) is 11.8 Å². The van der Waals surface area contributed by atoms with E-state index in [1.54, 1.807) is 6.26 Å². The highest BCUT2D eigenvalue weighted by atomic mass is 16.3. The fraction of sp³-hybridized carbons (Fsp3) is 0.333. The van der Waals surface area contributed by atoms with Crippen molar-refractivity contribution in [2.24, 2.45) is 0 Å². The van der Waals surface area contributed by atoms with Gasteiger partial charge in [0, 0.05) is 24.1 Å². The molecule has 1 atom stereocenters. The van der Waals surface area contributed by atoms with Crippen LogP contribution < -0.4 is 10.2 Å². The van der Waals surface area contributed by atoms with Crippen molar-refractivity contribution < 1.29 is 14.0 Å². The van der Waals surface area contributed by atoms with Crippen LogP contribution in [0, 0.1) is 0 Å². The van der Waals surface area contributed by atoms with Crippen LogP contribution in [0.2, 0.25) is 0 Å². The maximum Gasteiger partial charge on any atom is 0.249 e. The predicted molar refractivity (Wildman–Crippen MR) is 86.0 cm³/mol. The molecule has 1 unspecified atom stereocenters. The summed E-state index contributed by atoms with van der Waals surface area (Å²) in [6, 6.07) is 9.82. The molecule has 5 nitrogen and oxygen atoms in total. The van der Waals surface area contributed by atoms with Gasteiger partial charge in [-0.1, -0.05) is 30.3 Å². The zero-order chi connectivity index (χ0) is 15.8. The van der Waals surface area contributed by atoms with Gasteiger partial charge in [-0.05, 0) is 24.8 Å². The fourth-order valence-electron chi connectivity index (χ4n) is 3.52. The van der Waals surface area contributed by atoms with Gasteiger partial charge < -0.3 is 9.32 Å². The molecule has 1 saturated heterocycles. The number of hydrogen-bond donors (Lipinski definition) is 1. The van der Waals surface area contributed by atoms with Crippen molar-refractivity contribution in [1.29, 1.82) is 0 Å². The highest BCUT2D eigenvalue weighted by Crippen LogP contribution is 2.39. The lowest BCUT2D eigenvalue weighted by molar-refractivity contribution is -0.134. The minimum atomic E-state index is -0.318. The van der Waals surface area contributed by atoms with Crippen LogP contribution in [-0.2, 0) is 16.0 Å². The third-order valence-corrected chi connectivity index (χ3v) is 4.63. The molecule has 0 spiro atoms. The number of anilines is 1. The molecule has 5 heteroatoms. The summed E-state index contributed by atoms with van der Waals surface area (Å²) in [6.45, 7) is 0.779. The zero-order valence-electron chi connectivity index (χ0n) is 12.7. The minimum absolute atomic E-state index is 0.187. The summed E-state index contributed by atoms with van der Waals surface area (Å²) >= 11 is 0. The number of benzene rings is 1. The summed E-state index contributed by atoms with van der Waals surface area (Å²) in [4.78, 5) is 25.6. The lowest BCUT2D eigenvalue weighted by Gasteiger charge is -2.35. The number of fused-ring (bicyclic) bond motifs is 1. The minimum Gasteiger partial charge on any atom is -0.448 e. The van der Waals surface area contributed by atoms with Crippen molar-refractivity contribution in [1.82, 2.24) is 5.32 Å². The molecule has 4 rings (SSSR count). The number of rotatable bonds is 2. The van der Waals surface area contributed by atoms with Crippen molar-refractivity contribution >= 4 is 17.7 Å². The Morgan fingerprint density at radius 1 is 1.13 bits per heavy atom. The van der Waals surface area contributed by atoms with Gasteiger partial charge in [0.15, 0.2) is 5.88 Å². The highest BCUT2D eigenvalue weighted by molar-refractivity contribution is 6.01. The topological polar surface area (TPSA) is 62.6 Å². The number of amides is 2. The quantitative estimate of drug-likeness (QED) is 0.866. The van der Waals surface area contributed by atoms with E-state index in [4.69, 9.17) is 4.42 Å². The van der Waals surface area contributed by atoms with E-state index in [0.717, 1.165) is 42.0 Å². The molecule has 0 bridgehead atoms. The lowest BCUT2D eigenvalue weighted by Crippen LogP contribution is -2.53. The van der Waals surface area contributed by atoms with E-state index < -0.39 is 0 Å². The van der Waals surface area contributed by atoms with Gasteiger partial charge in [0.1, 0.15) is 12.3 Å². The second-order valence-electron chi connectivity index (χ2n) is 6.06. The number of piperidine rings is 1. The first-order valence-electron chi connectivity index (χ1n) is 8.00. The van der Waals surface area contributed by atoms with E-state index in [-0.39, 0.29) is 17.9 Å². The highest BCUT2D eigenvalue weighted by Gasteiger charge is 2.36. The van der Waals surface area contributed by atoms with E-state index in [9.17, 15) is 9.59 Å². The first-order chi connectivity index (χ1) is 11.2. The normalized spacial score (nSPS) is 21.0. The molecule has 23 heavy (non-hydrogen) atoms. The molecular weight excluding hydrogens is 292 g/mol. The van der Waals surface area contributed by atoms with Crippen LogP contribution in [0.15, 0.2) is 41.0 Å². The van der Waals surface area contributed by atoms with Crippen LogP contribution in [0.4, 0.5) is 5.88 Å². The summed E-state index contributed by atoms with van der Waals surface area (Å²) in [6.07, 6.45) is 4.63. The van der Waals surface area contributed by atoms with Crippen molar-refractivity contribution in [3.63, 3.8) is 0 Å². The molecule has 1 N–H and O–H groups in total. The first kappa shape index (κ1) is 14.1. The molecule has 3 heterocycles. The average molecular weight is 310 g/mol.